The predicted molar refractivity (Wildman–Crippen MR) is 110 cm³/mol. The molecule has 2 fully saturated rings. The lowest BCUT2D eigenvalue weighted by molar-refractivity contribution is -0.120. The number of nitrogens with one attached hydrogen (secondary N) is 1. The summed E-state index contributed by atoms with van der Waals surface area (Å²) in [5.41, 5.74) is 3.69. The van der Waals surface area contributed by atoms with Crippen molar-refractivity contribution in [1.29, 1.82) is 0 Å². The summed E-state index contributed by atoms with van der Waals surface area (Å²) in [6.45, 7) is 9.32. The summed E-state index contributed by atoms with van der Waals surface area (Å²) in [5, 5.41) is 3.14. The van der Waals surface area contributed by atoms with Crippen LogP contribution in [-0.2, 0) is 11.3 Å². The van der Waals surface area contributed by atoms with Gasteiger partial charge in [0.25, 0.3) is 0 Å². The Labute approximate surface area is 162 Å². The summed E-state index contributed by atoms with van der Waals surface area (Å²) < 4.78 is 0. The van der Waals surface area contributed by atoms with Gasteiger partial charge in [0.2, 0.25) is 5.91 Å². The van der Waals surface area contributed by atoms with Gasteiger partial charge in [0.15, 0.2) is 0 Å². The van der Waals surface area contributed by atoms with Gasteiger partial charge < -0.3 is 10.2 Å². The van der Waals surface area contributed by atoms with Crippen molar-refractivity contribution in [3.8, 4) is 0 Å². The van der Waals surface area contributed by atoms with Crippen molar-refractivity contribution in [2.24, 2.45) is 0 Å². The third kappa shape index (κ3) is 4.01. The molecule has 27 heavy (non-hydrogen) atoms. The molecule has 4 rings (SSSR count). The van der Waals surface area contributed by atoms with Crippen LogP contribution >= 0.6 is 0 Å². The van der Waals surface area contributed by atoms with Crippen LogP contribution < -0.4 is 10.2 Å². The monoisotopic (exact) mass is 363 g/mol. The van der Waals surface area contributed by atoms with E-state index in [1.165, 1.54) is 16.8 Å². The van der Waals surface area contributed by atoms with Crippen LogP contribution in [0, 0.1) is 0 Å². The van der Waals surface area contributed by atoms with Crippen LogP contribution in [0.15, 0.2) is 54.6 Å². The predicted octanol–water partition coefficient (Wildman–Crippen LogP) is 3.39. The molecule has 4 heteroatoms. The van der Waals surface area contributed by atoms with E-state index in [1.807, 2.05) is 0 Å². The van der Waals surface area contributed by atoms with Gasteiger partial charge >= 0.3 is 0 Å². The molecule has 2 aromatic rings. The number of rotatable bonds is 4. The molecule has 1 atom stereocenters. The molecular weight excluding hydrogens is 334 g/mol. The van der Waals surface area contributed by atoms with Gasteiger partial charge in [0, 0.05) is 44.0 Å². The lowest BCUT2D eigenvalue weighted by Gasteiger charge is -2.36. The molecule has 2 aromatic carbocycles. The third-order valence-corrected chi connectivity index (χ3v) is 5.81. The number of hydrogen-bond acceptors (Lipinski definition) is 3. The highest BCUT2D eigenvalue weighted by molar-refractivity contribution is 5.87. The first-order valence-electron chi connectivity index (χ1n) is 9.94. The highest BCUT2D eigenvalue weighted by Crippen LogP contribution is 2.34. The van der Waals surface area contributed by atoms with E-state index < -0.39 is 0 Å². The molecule has 142 valence electrons. The standard InChI is InChI=1S/C23H29N3O/c1-23(2)16-21(22(27)24-23)20-11-7-6-8-18(20)17-25-12-14-26(15-13-25)19-9-4-3-5-10-19/h3-11,21H,12-17H2,1-2H3,(H,24,27). The Morgan fingerprint density at radius 2 is 1.63 bits per heavy atom. The number of amides is 1. The molecule has 0 bridgehead atoms. The molecule has 0 saturated carbocycles. The Morgan fingerprint density at radius 3 is 2.30 bits per heavy atom. The van der Waals surface area contributed by atoms with Crippen LogP contribution in [0.2, 0.25) is 0 Å². The van der Waals surface area contributed by atoms with Crippen molar-refractivity contribution in [2.75, 3.05) is 31.1 Å². The van der Waals surface area contributed by atoms with Gasteiger partial charge in [-0.05, 0) is 43.5 Å². The van der Waals surface area contributed by atoms with E-state index in [4.69, 9.17) is 0 Å². The fourth-order valence-electron chi connectivity index (χ4n) is 4.39. The normalized spacial score (nSPS) is 22.7. The molecule has 4 nitrogen and oxygen atoms in total. The minimum absolute atomic E-state index is 0.0261. The van der Waals surface area contributed by atoms with Crippen molar-refractivity contribution in [3.63, 3.8) is 0 Å². The Morgan fingerprint density at radius 1 is 0.963 bits per heavy atom. The van der Waals surface area contributed by atoms with Crippen LogP contribution in [0.1, 0.15) is 37.3 Å². The number of benzene rings is 2. The summed E-state index contributed by atoms with van der Waals surface area (Å²) in [4.78, 5) is 17.5. The zero-order valence-corrected chi connectivity index (χ0v) is 16.3. The van der Waals surface area contributed by atoms with E-state index >= 15 is 0 Å². The molecule has 2 aliphatic rings. The van der Waals surface area contributed by atoms with Gasteiger partial charge in [-0.15, -0.1) is 0 Å². The largest absolute Gasteiger partial charge is 0.369 e. The molecule has 0 aromatic heterocycles. The molecule has 1 amide bonds. The zero-order valence-electron chi connectivity index (χ0n) is 16.3. The maximum Gasteiger partial charge on any atom is 0.228 e. The van der Waals surface area contributed by atoms with Gasteiger partial charge in [-0.1, -0.05) is 42.5 Å². The topological polar surface area (TPSA) is 35.6 Å². The van der Waals surface area contributed by atoms with E-state index in [0.29, 0.717) is 0 Å². The van der Waals surface area contributed by atoms with Gasteiger partial charge in [0.1, 0.15) is 0 Å². The first kappa shape index (κ1) is 18.1. The van der Waals surface area contributed by atoms with Crippen LogP contribution in [0.25, 0.3) is 0 Å². The number of carbonyl (C=O) groups excluding carboxylic acids is 1. The molecule has 2 aliphatic heterocycles. The SMILES string of the molecule is CC1(C)CC(c2ccccc2CN2CCN(c3ccccc3)CC2)C(=O)N1. The molecule has 2 heterocycles. The Hall–Kier alpha value is -2.33. The minimum atomic E-state index is -0.115. The van der Waals surface area contributed by atoms with E-state index in [1.54, 1.807) is 0 Å². The van der Waals surface area contributed by atoms with E-state index in [0.717, 1.165) is 39.1 Å². The summed E-state index contributed by atoms with van der Waals surface area (Å²) >= 11 is 0. The highest BCUT2D eigenvalue weighted by Gasteiger charge is 2.39. The van der Waals surface area contributed by atoms with Crippen LogP contribution in [0.5, 0.6) is 0 Å². The number of carbonyl (C=O) groups is 1. The van der Waals surface area contributed by atoms with Crippen molar-refractivity contribution < 1.29 is 4.79 Å². The van der Waals surface area contributed by atoms with Gasteiger partial charge in [-0.2, -0.15) is 0 Å². The summed E-state index contributed by atoms with van der Waals surface area (Å²) in [5.74, 6) is 0.142. The number of anilines is 1. The second-order valence-corrected chi connectivity index (χ2v) is 8.43. The second-order valence-electron chi connectivity index (χ2n) is 8.43. The lowest BCUT2D eigenvalue weighted by atomic mass is 9.88. The second kappa shape index (κ2) is 7.35. The molecule has 0 spiro atoms. The van der Waals surface area contributed by atoms with Crippen molar-refractivity contribution >= 4 is 11.6 Å². The van der Waals surface area contributed by atoms with E-state index in [-0.39, 0.29) is 17.4 Å². The van der Waals surface area contributed by atoms with Crippen LogP contribution in [-0.4, -0.2) is 42.5 Å². The molecule has 0 radical (unpaired) electrons. The average molecular weight is 364 g/mol. The number of hydrogen-bond donors (Lipinski definition) is 1. The van der Waals surface area contributed by atoms with Gasteiger partial charge in [-0.25, -0.2) is 0 Å². The summed E-state index contributed by atoms with van der Waals surface area (Å²) in [6.07, 6.45) is 0.866. The van der Waals surface area contributed by atoms with Crippen molar-refractivity contribution in [1.82, 2.24) is 10.2 Å². The lowest BCUT2D eigenvalue weighted by Crippen LogP contribution is -2.46. The number of nitrogens with zero attached hydrogens (tertiary/aromatic N) is 2. The first-order valence-corrected chi connectivity index (χ1v) is 9.94. The maximum absolute atomic E-state index is 12.5. The Kier molecular flexibility index (Phi) is 4.92. The molecular formula is C23H29N3O. The zero-order chi connectivity index (χ0) is 18.9. The van der Waals surface area contributed by atoms with Crippen LogP contribution in [0.3, 0.4) is 0 Å². The number of piperazine rings is 1. The van der Waals surface area contributed by atoms with Crippen molar-refractivity contribution in [2.45, 2.75) is 38.3 Å². The van der Waals surface area contributed by atoms with Gasteiger partial charge in [0.05, 0.1) is 5.92 Å². The first-order chi connectivity index (χ1) is 13.0. The molecule has 1 unspecified atom stereocenters. The average Bonchev–Trinajstić information content (AvgIpc) is 2.96. The summed E-state index contributed by atoms with van der Waals surface area (Å²) in [7, 11) is 0. The summed E-state index contributed by atoms with van der Waals surface area (Å²) in [6, 6.07) is 19.1. The Bertz CT molecular complexity index is 794. The fraction of sp³-hybridized carbons (Fsp3) is 0.435. The highest BCUT2D eigenvalue weighted by atomic mass is 16.2. The molecule has 1 N–H and O–H groups in total. The molecule has 0 aliphatic carbocycles. The van der Waals surface area contributed by atoms with Crippen molar-refractivity contribution in [3.05, 3.63) is 65.7 Å². The maximum atomic E-state index is 12.5. The number of para-hydroxylation sites is 1. The fourth-order valence-corrected chi connectivity index (χ4v) is 4.39. The minimum Gasteiger partial charge on any atom is -0.369 e. The van der Waals surface area contributed by atoms with Gasteiger partial charge in [-0.3, -0.25) is 9.69 Å². The van der Waals surface area contributed by atoms with E-state index in [2.05, 4.69) is 83.6 Å². The quantitative estimate of drug-likeness (QED) is 0.904. The molecule has 2 saturated heterocycles. The smallest absolute Gasteiger partial charge is 0.228 e. The van der Waals surface area contributed by atoms with E-state index in [9.17, 15) is 4.79 Å². The third-order valence-electron chi connectivity index (χ3n) is 5.81. The van der Waals surface area contributed by atoms with Crippen LogP contribution in [0.4, 0.5) is 5.69 Å². The Balaban J connectivity index is 1.43.